The third kappa shape index (κ3) is 4.07. The minimum absolute atomic E-state index is 0.0289. The lowest BCUT2D eigenvalue weighted by Gasteiger charge is -2.37. The zero-order valence-corrected chi connectivity index (χ0v) is 15.4. The first-order valence-electron chi connectivity index (χ1n) is 9.70. The molecule has 5 heteroatoms. The molecule has 1 aromatic heterocycles. The highest BCUT2D eigenvalue weighted by Gasteiger charge is 2.35. The van der Waals surface area contributed by atoms with Crippen LogP contribution in [0.15, 0.2) is 22.8 Å². The van der Waals surface area contributed by atoms with Crippen molar-refractivity contribution < 1.29 is 14.0 Å². The summed E-state index contributed by atoms with van der Waals surface area (Å²) in [5.41, 5.74) is 0. The van der Waals surface area contributed by atoms with E-state index >= 15 is 0 Å². The fourth-order valence-corrected chi connectivity index (χ4v) is 4.10. The SMILES string of the molecule is CC(C)C(=O)N1CCC(C(=O)N2CCCCC[C@H]2c2ccco2)CC1. The van der Waals surface area contributed by atoms with Crippen LogP contribution in [0, 0.1) is 11.8 Å². The molecule has 25 heavy (non-hydrogen) atoms. The van der Waals surface area contributed by atoms with Crippen molar-refractivity contribution in [3.05, 3.63) is 24.2 Å². The highest BCUT2D eigenvalue weighted by molar-refractivity contribution is 5.81. The van der Waals surface area contributed by atoms with Crippen LogP contribution in [-0.2, 0) is 9.59 Å². The Hall–Kier alpha value is -1.78. The maximum atomic E-state index is 13.2. The van der Waals surface area contributed by atoms with E-state index in [1.54, 1.807) is 6.26 Å². The molecular weight excluding hydrogens is 316 g/mol. The smallest absolute Gasteiger partial charge is 0.226 e. The van der Waals surface area contributed by atoms with Gasteiger partial charge in [-0.1, -0.05) is 26.7 Å². The zero-order valence-electron chi connectivity index (χ0n) is 15.4. The van der Waals surface area contributed by atoms with Crippen LogP contribution < -0.4 is 0 Å². The van der Waals surface area contributed by atoms with Crippen LogP contribution in [0.3, 0.4) is 0 Å². The molecule has 0 aromatic carbocycles. The molecule has 2 aliphatic rings. The summed E-state index contributed by atoms with van der Waals surface area (Å²) in [5.74, 6) is 1.42. The van der Waals surface area contributed by atoms with E-state index in [-0.39, 0.29) is 29.7 Å². The molecule has 0 saturated carbocycles. The van der Waals surface area contributed by atoms with Gasteiger partial charge in [-0.25, -0.2) is 0 Å². The molecule has 0 bridgehead atoms. The number of likely N-dealkylation sites (tertiary alicyclic amines) is 2. The van der Waals surface area contributed by atoms with Gasteiger partial charge in [-0.05, 0) is 37.8 Å². The minimum Gasteiger partial charge on any atom is -0.467 e. The summed E-state index contributed by atoms with van der Waals surface area (Å²) in [5, 5.41) is 0. The van der Waals surface area contributed by atoms with Crippen molar-refractivity contribution >= 4 is 11.8 Å². The molecule has 3 heterocycles. The molecule has 0 radical (unpaired) electrons. The predicted octanol–water partition coefficient (Wildman–Crippen LogP) is 3.62. The van der Waals surface area contributed by atoms with Gasteiger partial charge < -0.3 is 14.2 Å². The van der Waals surface area contributed by atoms with Gasteiger partial charge in [0.15, 0.2) is 0 Å². The molecular formula is C20H30N2O3. The van der Waals surface area contributed by atoms with Crippen LogP contribution in [0.25, 0.3) is 0 Å². The number of hydrogen-bond acceptors (Lipinski definition) is 3. The number of rotatable bonds is 3. The highest BCUT2D eigenvalue weighted by Crippen LogP contribution is 2.33. The number of carbonyl (C=O) groups excluding carboxylic acids is 2. The van der Waals surface area contributed by atoms with Gasteiger partial charge in [0.1, 0.15) is 5.76 Å². The van der Waals surface area contributed by atoms with Crippen molar-refractivity contribution in [3.8, 4) is 0 Å². The van der Waals surface area contributed by atoms with Crippen molar-refractivity contribution in [2.75, 3.05) is 19.6 Å². The lowest BCUT2D eigenvalue weighted by Crippen LogP contribution is -2.46. The van der Waals surface area contributed by atoms with Crippen LogP contribution in [0.1, 0.15) is 64.2 Å². The van der Waals surface area contributed by atoms with Crippen LogP contribution in [0.5, 0.6) is 0 Å². The summed E-state index contributed by atoms with van der Waals surface area (Å²) in [6.45, 7) is 6.09. The van der Waals surface area contributed by atoms with Gasteiger partial charge in [0.2, 0.25) is 11.8 Å². The summed E-state index contributed by atoms with van der Waals surface area (Å²) in [6, 6.07) is 3.96. The number of furan rings is 1. The Balaban J connectivity index is 1.66. The van der Waals surface area contributed by atoms with Gasteiger partial charge in [-0.3, -0.25) is 9.59 Å². The van der Waals surface area contributed by atoms with Gasteiger partial charge in [-0.2, -0.15) is 0 Å². The average molecular weight is 346 g/mol. The van der Waals surface area contributed by atoms with Crippen molar-refractivity contribution in [1.29, 1.82) is 0 Å². The third-order valence-electron chi connectivity index (χ3n) is 5.56. The lowest BCUT2D eigenvalue weighted by atomic mass is 9.93. The molecule has 1 aromatic rings. The van der Waals surface area contributed by atoms with Crippen LogP contribution in [0.4, 0.5) is 0 Å². The Morgan fingerprint density at radius 2 is 1.84 bits per heavy atom. The van der Waals surface area contributed by atoms with Crippen LogP contribution in [-0.4, -0.2) is 41.2 Å². The third-order valence-corrected chi connectivity index (χ3v) is 5.56. The normalized spacial score (nSPS) is 22.9. The van der Waals surface area contributed by atoms with Crippen molar-refractivity contribution in [1.82, 2.24) is 9.80 Å². The number of nitrogens with zero attached hydrogens (tertiary/aromatic N) is 2. The first-order valence-corrected chi connectivity index (χ1v) is 9.70. The fourth-order valence-electron chi connectivity index (χ4n) is 4.10. The first-order chi connectivity index (χ1) is 12.1. The van der Waals surface area contributed by atoms with E-state index < -0.39 is 0 Å². The van der Waals surface area contributed by atoms with E-state index in [1.807, 2.05) is 30.9 Å². The molecule has 2 aliphatic heterocycles. The maximum absolute atomic E-state index is 13.2. The molecule has 3 rings (SSSR count). The summed E-state index contributed by atoms with van der Waals surface area (Å²) >= 11 is 0. The van der Waals surface area contributed by atoms with E-state index in [2.05, 4.69) is 4.90 Å². The van der Waals surface area contributed by atoms with E-state index in [9.17, 15) is 9.59 Å². The average Bonchev–Trinajstić information content (AvgIpc) is 3.05. The van der Waals surface area contributed by atoms with Gasteiger partial charge in [0.25, 0.3) is 0 Å². The second-order valence-electron chi connectivity index (χ2n) is 7.67. The number of hydrogen-bond donors (Lipinski definition) is 0. The van der Waals surface area contributed by atoms with Crippen LogP contribution >= 0.6 is 0 Å². The topological polar surface area (TPSA) is 53.8 Å². The Morgan fingerprint density at radius 3 is 2.48 bits per heavy atom. The molecule has 1 atom stereocenters. The van der Waals surface area contributed by atoms with Gasteiger partial charge >= 0.3 is 0 Å². The number of carbonyl (C=O) groups is 2. The summed E-state index contributed by atoms with van der Waals surface area (Å²) in [6.07, 6.45) is 7.59. The Kier molecular flexibility index (Phi) is 5.82. The van der Waals surface area contributed by atoms with Crippen LogP contribution in [0.2, 0.25) is 0 Å². The zero-order chi connectivity index (χ0) is 17.8. The molecule has 138 valence electrons. The molecule has 0 N–H and O–H groups in total. The monoisotopic (exact) mass is 346 g/mol. The quantitative estimate of drug-likeness (QED) is 0.840. The second-order valence-corrected chi connectivity index (χ2v) is 7.67. The summed E-state index contributed by atoms with van der Waals surface area (Å²) < 4.78 is 5.62. The first kappa shape index (κ1) is 18.0. The standard InChI is InChI=1S/C20H30N2O3/c1-15(2)19(23)21-12-9-16(10-13-21)20(24)22-11-5-3-4-7-17(22)18-8-6-14-25-18/h6,8,14-17H,3-5,7,9-13H2,1-2H3/t17-/m0/s1. The Bertz CT molecular complexity index is 574. The van der Waals surface area contributed by atoms with Gasteiger partial charge in [-0.15, -0.1) is 0 Å². The van der Waals surface area contributed by atoms with E-state index in [1.165, 1.54) is 6.42 Å². The van der Waals surface area contributed by atoms with E-state index in [0.717, 1.165) is 44.4 Å². The molecule has 0 aliphatic carbocycles. The predicted molar refractivity (Wildman–Crippen MR) is 95.8 cm³/mol. The van der Waals surface area contributed by atoms with E-state index in [0.29, 0.717) is 13.1 Å². The van der Waals surface area contributed by atoms with E-state index in [4.69, 9.17) is 4.42 Å². The molecule has 2 saturated heterocycles. The summed E-state index contributed by atoms with van der Waals surface area (Å²) in [7, 11) is 0. The largest absolute Gasteiger partial charge is 0.467 e. The van der Waals surface area contributed by atoms with Crippen molar-refractivity contribution in [2.45, 2.75) is 58.4 Å². The fraction of sp³-hybridized carbons (Fsp3) is 0.700. The second kappa shape index (κ2) is 8.07. The number of amides is 2. The van der Waals surface area contributed by atoms with Crippen molar-refractivity contribution in [3.63, 3.8) is 0 Å². The maximum Gasteiger partial charge on any atom is 0.226 e. The molecule has 0 unspecified atom stereocenters. The van der Waals surface area contributed by atoms with Crippen molar-refractivity contribution in [2.24, 2.45) is 11.8 Å². The van der Waals surface area contributed by atoms with Gasteiger partial charge in [0, 0.05) is 31.5 Å². The highest BCUT2D eigenvalue weighted by atomic mass is 16.3. The molecule has 2 amide bonds. The Morgan fingerprint density at radius 1 is 1.08 bits per heavy atom. The minimum atomic E-state index is 0.0289. The lowest BCUT2D eigenvalue weighted by molar-refractivity contribution is -0.144. The summed E-state index contributed by atoms with van der Waals surface area (Å²) in [4.78, 5) is 29.3. The number of piperidine rings is 1. The van der Waals surface area contributed by atoms with Gasteiger partial charge in [0.05, 0.1) is 12.3 Å². The molecule has 2 fully saturated rings. The molecule has 0 spiro atoms. The Labute approximate surface area is 150 Å². The molecule has 5 nitrogen and oxygen atoms in total.